The van der Waals surface area contributed by atoms with E-state index in [4.69, 9.17) is 95.7 Å². The fraction of sp³-hybridized carbons (Fsp3) is 0.985. The van der Waals surface area contributed by atoms with Crippen LogP contribution in [0.15, 0.2) is 0 Å². The van der Waals surface area contributed by atoms with Gasteiger partial charge in [0.2, 0.25) is 0 Å². The van der Waals surface area contributed by atoms with E-state index in [9.17, 15) is 148 Å². The van der Waals surface area contributed by atoms with Gasteiger partial charge in [0, 0.05) is 30.1 Å². The summed E-state index contributed by atoms with van der Waals surface area (Å²) in [5.74, 6) is -9.45. The van der Waals surface area contributed by atoms with Gasteiger partial charge in [-0.25, -0.2) is 4.79 Å². The lowest BCUT2D eigenvalue weighted by Crippen LogP contribution is -2.68. The molecule has 0 saturated carbocycles. The van der Waals surface area contributed by atoms with Crippen LogP contribution in [0.3, 0.4) is 0 Å². The van der Waals surface area contributed by atoms with Crippen molar-refractivity contribution in [3.63, 3.8) is 0 Å². The van der Waals surface area contributed by atoms with Gasteiger partial charge in [0.1, 0.15) is 189 Å². The first-order valence-electron chi connectivity index (χ1n) is 38.5. The Kier molecular flexibility index (Phi) is 34.2. The average molecular weight is 1720 g/mol. The molecule has 682 valence electrons. The molecule has 0 radical (unpaired) electrons. The Hall–Kier alpha value is -2.41. The standard InChI is InChI=1S/C68H117NO48/c1-17-21(5)101-27(11-74)51(34(17)80)110-59-18(2)35(81)54(30(14-77)105-59)113-64-50(96)56(43(89)31(108-64)15-99-65-57(46(92)40(86)25(9-72)103-65)115-60-19(3)36(82)52(28(12-75)106-60)111-62-48(94)44(90)39(85)24(8-71)102-62)114-66-58(47(93)41(87)26(10-73)104-66)116-61-20(4)37(83)53(29(13-76)107-61)112-63-49(95)45(91)42(88)32(109-63)16-100-68(67(97)98)6-22(78)33(69)55(117-68)38(84)23(79)7-70/h17-66,70-96H,6-16,69H2,1-5H3,(H,97,98)/t17?,18?,19?,20-,21-,22+,23?,24?,25?,26+,27?,28-,29?,30?,31?,32?,33+,34?,35?,36?,37?,38+,39-,40+,41+,42-,43+,44?,45?,46?,47?,48-,49-,50+,51+,52+,53+,54+,55?,56?,57+,58?,59-,60-,61-,62-,63-,64-,65-,66+,68+/m0/s1. The lowest BCUT2D eigenvalue weighted by atomic mass is 9.88. The van der Waals surface area contributed by atoms with Gasteiger partial charge in [-0.2, -0.15) is 0 Å². The van der Waals surface area contributed by atoms with E-state index in [1.165, 1.54) is 20.8 Å². The van der Waals surface area contributed by atoms with Crippen molar-refractivity contribution in [1.29, 1.82) is 0 Å². The van der Waals surface area contributed by atoms with Crippen LogP contribution in [-0.2, 0) is 94.8 Å². The van der Waals surface area contributed by atoms with Crippen molar-refractivity contribution < 1.29 is 238 Å². The van der Waals surface area contributed by atoms with Crippen molar-refractivity contribution in [2.45, 2.75) is 329 Å². The molecule has 51 atom stereocenters. The van der Waals surface area contributed by atoms with E-state index in [1.54, 1.807) is 13.8 Å². The Labute approximate surface area is 666 Å². The summed E-state index contributed by atoms with van der Waals surface area (Å²) in [7, 11) is 0. The van der Waals surface area contributed by atoms with Crippen LogP contribution < -0.4 is 5.73 Å². The summed E-state index contributed by atoms with van der Waals surface area (Å²) in [5.41, 5.74) is 5.96. The molecular formula is C68H117NO48. The first-order valence-corrected chi connectivity index (χ1v) is 38.5. The third-order valence-electron chi connectivity index (χ3n) is 23.7. The molecule has 49 nitrogen and oxygen atoms in total. The number of carboxylic acid groups (broad SMARTS) is 1. The zero-order valence-corrected chi connectivity index (χ0v) is 63.9. The average Bonchev–Trinajstić information content (AvgIpc) is 0.773. The van der Waals surface area contributed by atoms with Crippen molar-refractivity contribution in [2.75, 3.05) is 66.1 Å². The van der Waals surface area contributed by atoms with E-state index in [-0.39, 0.29) is 0 Å². The van der Waals surface area contributed by atoms with Crippen LogP contribution in [0, 0.1) is 23.7 Å². The Balaban J connectivity index is 0.898. The molecule has 10 fully saturated rings. The molecule has 10 saturated heterocycles. The van der Waals surface area contributed by atoms with Crippen molar-refractivity contribution in [1.82, 2.24) is 0 Å². The maximum Gasteiger partial charge on any atom is 0.364 e. The van der Waals surface area contributed by atoms with Crippen LogP contribution in [0.2, 0.25) is 0 Å². The predicted octanol–water partition coefficient (Wildman–Crippen LogP) is -17.5. The molecule has 22 unspecified atom stereocenters. The van der Waals surface area contributed by atoms with Gasteiger partial charge in [-0.15, -0.1) is 0 Å². The highest BCUT2D eigenvalue weighted by Gasteiger charge is 2.62. The van der Waals surface area contributed by atoms with Gasteiger partial charge in [-0.3, -0.25) is 0 Å². The van der Waals surface area contributed by atoms with E-state index < -0.39 is 390 Å². The van der Waals surface area contributed by atoms with Gasteiger partial charge in [0.05, 0.1) is 109 Å². The Morgan fingerprint density at radius 1 is 0.350 bits per heavy atom. The highest BCUT2D eigenvalue weighted by atomic mass is 16.8. The number of hydrogen-bond acceptors (Lipinski definition) is 48. The van der Waals surface area contributed by atoms with Crippen LogP contribution in [0.25, 0.3) is 0 Å². The summed E-state index contributed by atoms with van der Waals surface area (Å²) in [6, 6.07) is -1.57. The van der Waals surface area contributed by atoms with Gasteiger partial charge >= 0.3 is 5.97 Å². The van der Waals surface area contributed by atoms with Gasteiger partial charge < -0.3 is 239 Å². The van der Waals surface area contributed by atoms with E-state index in [0.717, 1.165) is 0 Å². The largest absolute Gasteiger partial charge is 0.477 e. The minimum absolute atomic E-state index is 0.554. The molecule has 0 aromatic carbocycles. The van der Waals surface area contributed by atoms with Crippen molar-refractivity contribution in [3.05, 3.63) is 0 Å². The predicted molar refractivity (Wildman–Crippen MR) is 365 cm³/mol. The molecule has 0 amide bonds. The minimum atomic E-state index is -2.95. The highest BCUT2D eigenvalue weighted by molar-refractivity contribution is 5.76. The molecule has 49 heteroatoms. The lowest BCUT2D eigenvalue weighted by molar-refractivity contribution is -0.402. The molecule has 10 rings (SSSR count). The van der Waals surface area contributed by atoms with Crippen LogP contribution in [0.5, 0.6) is 0 Å². The van der Waals surface area contributed by atoms with Crippen molar-refractivity contribution >= 4 is 5.97 Å². The number of aliphatic hydroxyl groups excluding tert-OH is 27. The monoisotopic (exact) mass is 1720 g/mol. The summed E-state index contributed by atoms with van der Waals surface area (Å²) < 4.78 is 114. The topological polar surface area (TPSA) is 785 Å². The smallest absolute Gasteiger partial charge is 0.364 e. The van der Waals surface area contributed by atoms with E-state index in [2.05, 4.69) is 0 Å². The van der Waals surface area contributed by atoms with Gasteiger partial charge in [-0.05, 0) is 6.92 Å². The number of hydrogen-bond donors (Lipinski definition) is 29. The molecule has 0 aliphatic carbocycles. The maximum absolute atomic E-state index is 12.8. The molecule has 30 N–H and O–H groups in total. The van der Waals surface area contributed by atoms with E-state index in [0.29, 0.717) is 0 Å². The van der Waals surface area contributed by atoms with Crippen molar-refractivity contribution in [2.24, 2.45) is 29.4 Å². The summed E-state index contributed by atoms with van der Waals surface area (Å²) in [6.45, 7) is -2.69. The quantitative estimate of drug-likeness (QED) is 0.0306. The molecular weight excluding hydrogens is 1600 g/mol. The SMILES string of the molecule is CC1C(O)[C@H](O[C@@H]2OC(CO[C@H]3OC(CO)[C@@H](O)C(O)[C@H]3O[C@@H]3O[C@@H](CO)[C@@H](O[C@@H]4OC(CO)[C@H](O)C(O)[C@@H]4O)C(O)C3C)[C@@H](O)C(O[C@H]3O[C@H](CO)[C@@H](O)C(O)C3O[C@@H]3OC(CO)[C@@H](O[C@@H]4OC(CO[C@]5(C(=O)O)C[C@@H](O)[C@@H](N)C([C@H](O)C(O)CO)O5)[C@H](O)C(O)[C@@H]4O)C(O)[C@@H]3C)[C@H]2O)C(CO)O[C@H]1O[C@@H]1C(CO)O[C@@H](C)C(C)C1O. The van der Waals surface area contributed by atoms with Crippen LogP contribution in [0.4, 0.5) is 0 Å². The number of carbonyl (C=O) groups is 1. The first kappa shape index (κ1) is 96.8. The van der Waals surface area contributed by atoms with Crippen LogP contribution in [0.1, 0.15) is 41.0 Å². The Morgan fingerprint density at radius 2 is 0.675 bits per heavy atom. The number of aliphatic hydroxyl groups is 27. The second-order valence-corrected chi connectivity index (χ2v) is 31.4. The number of ether oxygens (including phenoxy) is 19. The zero-order valence-electron chi connectivity index (χ0n) is 63.9. The second kappa shape index (κ2) is 41.4. The first-order chi connectivity index (χ1) is 55.3. The van der Waals surface area contributed by atoms with E-state index >= 15 is 0 Å². The summed E-state index contributed by atoms with van der Waals surface area (Å²) in [6.07, 6.45) is -85.7. The molecule has 10 aliphatic rings. The highest BCUT2D eigenvalue weighted by Crippen LogP contribution is 2.43. The summed E-state index contributed by atoms with van der Waals surface area (Å²) >= 11 is 0. The van der Waals surface area contributed by atoms with Crippen LogP contribution >= 0.6 is 0 Å². The number of carboxylic acids is 1. The van der Waals surface area contributed by atoms with E-state index in [1.807, 2.05) is 0 Å². The number of rotatable bonds is 31. The number of nitrogens with two attached hydrogens (primary N) is 1. The maximum atomic E-state index is 12.8. The molecule has 117 heavy (non-hydrogen) atoms. The molecule has 0 aromatic rings. The normalized spacial score (nSPS) is 52.1. The summed E-state index contributed by atoms with van der Waals surface area (Å²) in [4.78, 5) is 12.8. The fourth-order valence-corrected chi connectivity index (χ4v) is 15.9. The zero-order chi connectivity index (χ0) is 86.2. The Morgan fingerprint density at radius 3 is 1.09 bits per heavy atom. The van der Waals surface area contributed by atoms with Gasteiger partial charge in [-0.1, -0.05) is 27.7 Å². The van der Waals surface area contributed by atoms with Gasteiger partial charge in [0.25, 0.3) is 5.79 Å². The molecule has 0 aromatic heterocycles. The Bertz CT molecular complexity index is 3020. The number of aliphatic carboxylic acids is 1. The molecule has 10 aliphatic heterocycles. The lowest BCUT2D eigenvalue weighted by Gasteiger charge is -2.51. The minimum Gasteiger partial charge on any atom is -0.477 e. The third-order valence-corrected chi connectivity index (χ3v) is 23.7. The molecule has 0 bridgehead atoms. The third kappa shape index (κ3) is 20.2. The van der Waals surface area contributed by atoms with Gasteiger partial charge in [0.15, 0.2) is 50.3 Å². The fourth-order valence-electron chi connectivity index (χ4n) is 15.9. The van der Waals surface area contributed by atoms with Crippen LogP contribution in [-0.4, -0.2) is 503 Å². The molecule has 10 heterocycles. The molecule has 0 spiro atoms. The summed E-state index contributed by atoms with van der Waals surface area (Å²) in [5, 5.41) is 309. The van der Waals surface area contributed by atoms with Crippen molar-refractivity contribution in [3.8, 4) is 0 Å². The second-order valence-electron chi connectivity index (χ2n) is 31.4.